The Morgan fingerprint density at radius 2 is 1.56 bits per heavy atom. The number of rotatable bonds is 8. The molecule has 0 radical (unpaired) electrons. The van der Waals surface area contributed by atoms with Gasteiger partial charge < -0.3 is 14.6 Å². The van der Waals surface area contributed by atoms with Crippen molar-refractivity contribution in [1.82, 2.24) is 0 Å². The van der Waals surface area contributed by atoms with Gasteiger partial charge in [0.1, 0.15) is 12.4 Å². The number of carbonyl (C=O) groups is 2. The summed E-state index contributed by atoms with van der Waals surface area (Å²) in [6, 6.07) is 8.13. The second-order valence-corrected chi connectivity index (χ2v) is 7.79. The van der Waals surface area contributed by atoms with E-state index in [-0.39, 0.29) is 36.4 Å². The molecule has 3 rings (SSSR count). The number of nitrogens with zero attached hydrogens (tertiary/aromatic N) is 1. The largest absolute Gasteiger partial charge is 0.480 e. The van der Waals surface area contributed by atoms with Gasteiger partial charge in [0.25, 0.3) is 0 Å². The molecule has 6 nitrogen and oxygen atoms in total. The normalized spacial score (nSPS) is 18.2. The summed E-state index contributed by atoms with van der Waals surface area (Å²) in [5.41, 5.74) is 0.138. The summed E-state index contributed by atoms with van der Waals surface area (Å²) in [4.78, 5) is 24.4. The van der Waals surface area contributed by atoms with Gasteiger partial charge in [0.15, 0.2) is 11.6 Å². The number of hydrogen-bond acceptors (Lipinski definition) is 4. The van der Waals surface area contributed by atoms with Crippen molar-refractivity contribution < 1.29 is 37.3 Å². The lowest BCUT2D eigenvalue weighted by Gasteiger charge is -2.29. The van der Waals surface area contributed by atoms with Gasteiger partial charge in [-0.25, -0.2) is 27.7 Å². The van der Waals surface area contributed by atoms with Crippen LogP contribution in [0.3, 0.4) is 0 Å². The molecule has 0 aromatic heterocycles. The molecule has 0 atom stereocenters. The number of benzene rings is 2. The van der Waals surface area contributed by atoms with E-state index in [9.17, 15) is 22.8 Å². The molecule has 1 N–H and O–H groups in total. The van der Waals surface area contributed by atoms with Crippen molar-refractivity contribution in [2.75, 3.05) is 24.7 Å². The molecule has 2 aromatic carbocycles. The highest BCUT2D eigenvalue weighted by Crippen LogP contribution is 2.31. The molecule has 1 fully saturated rings. The van der Waals surface area contributed by atoms with Gasteiger partial charge in [0.2, 0.25) is 0 Å². The first-order valence-corrected chi connectivity index (χ1v) is 10.3. The van der Waals surface area contributed by atoms with Crippen LogP contribution in [0.15, 0.2) is 42.5 Å². The highest BCUT2D eigenvalue weighted by atomic mass is 19.2. The first-order chi connectivity index (χ1) is 15.3. The van der Waals surface area contributed by atoms with Gasteiger partial charge in [-0.15, -0.1) is 0 Å². The Morgan fingerprint density at radius 3 is 2.19 bits per heavy atom. The molecule has 0 bridgehead atoms. The summed E-state index contributed by atoms with van der Waals surface area (Å²) in [6.07, 6.45) is 2.37. The minimum absolute atomic E-state index is 0.0128. The first-order valence-electron chi connectivity index (χ1n) is 10.3. The first kappa shape index (κ1) is 23.6. The van der Waals surface area contributed by atoms with Crippen LogP contribution in [0.5, 0.6) is 0 Å². The van der Waals surface area contributed by atoms with Gasteiger partial charge in [-0.1, -0.05) is 6.07 Å². The average molecular weight is 451 g/mol. The van der Waals surface area contributed by atoms with E-state index in [4.69, 9.17) is 14.6 Å². The monoisotopic (exact) mass is 451 g/mol. The maximum atomic E-state index is 13.8. The molecule has 32 heavy (non-hydrogen) atoms. The molecular formula is C23H24F3NO5. The Morgan fingerprint density at radius 1 is 0.906 bits per heavy atom. The highest BCUT2D eigenvalue weighted by molar-refractivity contribution is 5.95. The van der Waals surface area contributed by atoms with Crippen molar-refractivity contribution in [2.45, 2.75) is 25.7 Å². The fourth-order valence-corrected chi connectivity index (χ4v) is 3.73. The smallest absolute Gasteiger partial charge is 0.418 e. The minimum atomic E-state index is -1.14. The second kappa shape index (κ2) is 11.0. The van der Waals surface area contributed by atoms with Crippen molar-refractivity contribution in [3.8, 4) is 0 Å². The fourth-order valence-electron chi connectivity index (χ4n) is 3.73. The van der Waals surface area contributed by atoms with Crippen LogP contribution < -0.4 is 4.90 Å². The Balaban J connectivity index is 1.61. The van der Waals surface area contributed by atoms with Crippen LogP contribution in [0.25, 0.3) is 0 Å². The quantitative estimate of drug-likeness (QED) is 0.591. The predicted molar refractivity (Wildman–Crippen MR) is 110 cm³/mol. The number of carboxylic acid groups (broad SMARTS) is 1. The van der Waals surface area contributed by atoms with E-state index >= 15 is 0 Å². The molecule has 0 spiro atoms. The summed E-state index contributed by atoms with van der Waals surface area (Å²) >= 11 is 0. The van der Waals surface area contributed by atoms with Crippen LogP contribution in [0.2, 0.25) is 0 Å². The van der Waals surface area contributed by atoms with Gasteiger partial charge in [0.05, 0.1) is 24.6 Å². The van der Waals surface area contributed by atoms with Crippen LogP contribution in [-0.4, -0.2) is 37.0 Å². The molecule has 172 valence electrons. The van der Waals surface area contributed by atoms with Crippen LogP contribution in [-0.2, 0) is 14.3 Å². The number of ether oxygens (including phenoxy) is 2. The number of halogens is 3. The Hall–Kier alpha value is -3.07. The summed E-state index contributed by atoms with van der Waals surface area (Å²) < 4.78 is 51.5. The van der Waals surface area contributed by atoms with Gasteiger partial charge in [-0.3, -0.25) is 0 Å². The zero-order valence-electron chi connectivity index (χ0n) is 17.3. The van der Waals surface area contributed by atoms with Crippen LogP contribution in [0.4, 0.5) is 29.3 Å². The number of hydrogen-bond donors (Lipinski definition) is 1. The molecule has 1 saturated carbocycles. The highest BCUT2D eigenvalue weighted by Gasteiger charge is 2.26. The SMILES string of the molecule is O=C(O)COCC1CCC(COC(=O)N(c2cccc(F)c2)c2ccc(F)c(F)c2)CC1. The molecule has 0 aliphatic heterocycles. The molecular weight excluding hydrogens is 427 g/mol. The summed E-state index contributed by atoms with van der Waals surface area (Å²) in [6.45, 7) is 0.177. The van der Waals surface area contributed by atoms with E-state index < -0.39 is 29.5 Å². The fraction of sp³-hybridized carbons (Fsp3) is 0.391. The van der Waals surface area contributed by atoms with Crippen molar-refractivity contribution in [3.05, 3.63) is 59.9 Å². The number of carbonyl (C=O) groups excluding carboxylic acids is 1. The van der Waals surface area contributed by atoms with Gasteiger partial charge >= 0.3 is 12.1 Å². The molecule has 0 unspecified atom stereocenters. The third-order valence-electron chi connectivity index (χ3n) is 5.40. The molecule has 0 heterocycles. The van der Waals surface area contributed by atoms with Gasteiger partial charge in [-0.05, 0) is 67.9 Å². The van der Waals surface area contributed by atoms with E-state index in [1.54, 1.807) is 0 Å². The maximum absolute atomic E-state index is 13.8. The zero-order chi connectivity index (χ0) is 23.1. The number of anilines is 2. The summed E-state index contributed by atoms with van der Waals surface area (Å²) in [5.74, 6) is -3.44. The maximum Gasteiger partial charge on any atom is 0.418 e. The Labute approximate surface area is 183 Å². The lowest BCUT2D eigenvalue weighted by Crippen LogP contribution is -2.30. The zero-order valence-corrected chi connectivity index (χ0v) is 17.3. The van der Waals surface area contributed by atoms with Crippen LogP contribution in [0.1, 0.15) is 25.7 Å². The van der Waals surface area contributed by atoms with Crippen LogP contribution in [0, 0.1) is 29.3 Å². The number of carboxylic acids is 1. The van der Waals surface area contributed by atoms with Gasteiger partial charge in [-0.2, -0.15) is 0 Å². The van der Waals surface area contributed by atoms with E-state index in [2.05, 4.69) is 0 Å². The van der Waals surface area contributed by atoms with Gasteiger partial charge in [0, 0.05) is 6.07 Å². The van der Waals surface area contributed by atoms with Crippen molar-refractivity contribution in [2.24, 2.45) is 11.8 Å². The van der Waals surface area contributed by atoms with Crippen molar-refractivity contribution >= 4 is 23.4 Å². The Kier molecular flexibility index (Phi) is 8.10. The second-order valence-electron chi connectivity index (χ2n) is 7.79. The summed E-state index contributed by atoms with van der Waals surface area (Å²) in [7, 11) is 0. The third kappa shape index (κ3) is 6.46. The predicted octanol–water partition coefficient (Wildman–Crippen LogP) is 5.29. The minimum Gasteiger partial charge on any atom is -0.480 e. The molecule has 9 heteroatoms. The Bertz CT molecular complexity index is 947. The summed E-state index contributed by atoms with van der Waals surface area (Å²) in [5, 5.41) is 8.62. The van der Waals surface area contributed by atoms with Crippen LogP contribution >= 0.6 is 0 Å². The molecule has 0 saturated heterocycles. The third-order valence-corrected chi connectivity index (χ3v) is 5.40. The van der Waals surface area contributed by atoms with E-state index in [0.717, 1.165) is 48.8 Å². The molecule has 1 amide bonds. The molecule has 2 aromatic rings. The lowest BCUT2D eigenvalue weighted by molar-refractivity contribution is -0.142. The van der Waals surface area contributed by atoms with Crippen molar-refractivity contribution in [1.29, 1.82) is 0 Å². The van der Waals surface area contributed by atoms with E-state index in [1.807, 2.05) is 0 Å². The number of aliphatic carboxylic acids is 1. The average Bonchev–Trinajstić information content (AvgIpc) is 2.76. The lowest BCUT2D eigenvalue weighted by atomic mass is 9.83. The standard InChI is InChI=1S/C23H24F3NO5/c24-17-2-1-3-18(10-17)27(19-8-9-20(25)21(26)11-19)23(30)32-13-16-6-4-15(5-7-16)12-31-14-22(28)29/h1-3,8-11,15-16H,4-7,12-14H2,(H,28,29). The molecule has 1 aliphatic carbocycles. The van der Waals surface area contributed by atoms with Crippen molar-refractivity contribution in [3.63, 3.8) is 0 Å². The van der Waals surface area contributed by atoms with E-state index in [1.165, 1.54) is 24.3 Å². The molecule has 1 aliphatic rings. The topological polar surface area (TPSA) is 76.1 Å². The number of amides is 1. The van der Waals surface area contributed by atoms with E-state index in [0.29, 0.717) is 6.61 Å².